The Morgan fingerprint density at radius 2 is 1.22 bits per heavy atom. The molecule has 0 aliphatic heterocycles. The molecule has 2 aromatic carbocycles. The zero-order chi connectivity index (χ0) is 16.0. The second-order valence-electron chi connectivity index (χ2n) is 6.77. The van der Waals surface area contributed by atoms with E-state index in [2.05, 4.69) is 65.6 Å². The van der Waals surface area contributed by atoms with E-state index in [0.29, 0.717) is 0 Å². The highest BCUT2D eigenvalue weighted by Gasteiger charge is 2.37. The maximum atomic E-state index is 10.2. The Bertz CT molecular complexity index is 534. The van der Waals surface area contributed by atoms with Gasteiger partial charge in [0.15, 0.2) is 0 Å². The van der Waals surface area contributed by atoms with Gasteiger partial charge in [-0.25, -0.2) is 0 Å². The molecule has 0 atom stereocenters. The molecule has 0 unspecified atom stereocenters. The second kappa shape index (κ2) is 7.76. The summed E-state index contributed by atoms with van der Waals surface area (Å²) >= 11 is 0. The third-order valence-corrected chi connectivity index (χ3v) is 5.18. The first-order valence-corrected chi connectivity index (χ1v) is 8.76. The van der Waals surface area contributed by atoms with Gasteiger partial charge in [-0.2, -0.15) is 0 Å². The zero-order valence-corrected chi connectivity index (χ0v) is 13.8. The van der Waals surface area contributed by atoms with Crippen LogP contribution < -0.4 is 0 Å². The Kier molecular flexibility index (Phi) is 5.47. The van der Waals surface area contributed by atoms with E-state index in [4.69, 9.17) is 0 Å². The molecular formula is C21H27NO. The van der Waals surface area contributed by atoms with Gasteiger partial charge in [0, 0.05) is 18.6 Å². The maximum Gasteiger partial charge on any atom is 0.0615 e. The van der Waals surface area contributed by atoms with E-state index < -0.39 is 0 Å². The van der Waals surface area contributed by atoms with E-state index >= 15 is 0 Å². The quantitative estimate of drug-likeness (QED) is 0.856. The van der Waals surface area contributed by atoms with Gasteiger partial charge in [0.1, 0.15) is 0 Å². The summed E-state index contributed by atoms with van der Waals surface area (Å²) in [5.74, 6) is 0. The Balaban J connectivity index is 1.85. The molecule has 23 heavy (non-hydrogen) atoms. The number of hydrogen-bond donors (Lipinski definition) is 1. The minimum atomic E-state index is -0.0655. The number of hydrogen-bond acceptors (Lipinski definition) is 2. The minimum Gasteiger partial charge on any atom is -0.394 e. The van der Waals surface area contributed by atoms with E-state index in [1.165, 1.54) is 30.4 Å². The lowest BCUT2D eigenvalue weighted by atomic mass is 9.80. The third-order valence-electron chi connectivity index (χ3n) is 5.18. The first kappa shape index (κ1) is 16.2. The van der Waals surface area contributed by atoms with Crippen LogP contribution in [-0.4, -0.2) is 22.2 Å². The van der Waals surface area contributed by atoms with Crippen molar-refractivity contribution in [2.24, 2.45) is 0 Å². The average Bonchev–Trinajstić information content (AvgIpc) is 2.63. The SMILES string of the molecule is OCC1(N(Cc2ccccc2)Cc2ccccc2)CCCCC1. The summed E-state index contributed by atoms with van der Waals surface area (Å²) in [7, 11) is 0. The van der Waals surface area contributed by atoms with Gasteiger partial charge >= 0.3 is 0 Å². The summed E-state index contributed by atoms with van der Waals surface area (Å²) in [5.41, 5.74) is 2.58. The van der Waals surface area contributed by atoms with Crippen molar-refractivity contribution in [3.8, 4) is 0 Å². The molecule has 2 nitrogen and oxygen atoms in total. The Morgan fingerprint density at radius 3 is 1.65 bits per heavy atom. The summed E-state index contributed by atoms with van der Waals surface area (Å²) in [5, 5.41) is 10.2. The monoisotopic (exact) mass is 309 g/mol. The van der Waals surface area contributed by atoms with E-state index in [9.17, 15) is 5.11 Å². The van der Waals surface area contributed by atoms with Gasteiger partial charge in [-0.05, 0) is 24.0 Å². The van der Waals surface area contributed by atoms with Crippen LogP contribution in [0.5, 0.6) is 0 Å². The molecule has 2 heteroatoms. The molecule has 0 amide bonds. The van der Waals surface area contributed by atoms with Crippen LogP contribution in [0.25, 0.3) is 0 Å². The number of rotatable bonds is 6. The highest BCUT2D eigenvalue weighted by molar-refractivity contribution is 5.18. The molecule has 1 saturated carbocycles. The molecule has 0 saturated heterocycles. The normalized spacial score (nSPS) is 17.3. The fourth-order valence-corrected chi connectivity index (χ4v) is 3.78. The van der Waals surface area contributed by atoms with Gasteiger partial charge in [-0.3, -0.25) is 4.90 Å². The number of aliphatic hydroxyl groups is 1. The topological polar surface area (TPSA) is 23.5 Å². The molecule has 0 radical (unpaired) electrons. The first-order chi connectivity index (χ1) is 11.3. The van der Waals surface area contributed by atoms with E-state index in [0.717, 1.165) is 25.9 Å². The van der Waals surface area contributed by atoms with Gasteiger partial charge in [-0.15, -0.1) is 0 Å². The fraction of sp³-hybridized carbons (Fsp3) is 0.429. The summed E-state index contributed by atoms with van der Waals surface area (Å²) in [4.78, 5) is 2.51. The van der Waals surface area contributed by atoms with Crippen molar-refractivity contribution in [1.29, 1.82) is 0 Å². The van der Waals surface area contributed by atoms with Crippen molar-refractivity contribution in [2.75, 3.05) is 6.61 Å². The predicted octanol–water partition coefficient (Wildman–Crippen LogP) is 4.38. The highest BCUT2D eigenvalue weighted by atomic mass is 16.3. The maximum absolute atomic E-state index is 10.2. The molecular weight excluding hydrogens is 282 g/mol. The summed E-state index contributed by atoms with van der Waals surface area (Å²) in [6.45, 7) is 2.05. The predicted molar refractivity (Wildman–Crippen MR) is 95.0 cm³/mol. The molecule has 3 rings (SSSR count). The standard InChI is InChI=1S/C21H27NO/c23-18-21(14-8-3-9-15-21)22(16-19-10-4-1-5-11-19)17-20-12-6-2-7-13-20/h1-2,4-7,10-13,23H,3,8-9,14-18H2. The Morgan fingerprint density at radius 1 is 0.739 bits per heavy atom. The van der Waals surface area contributed by atoms with Crippen LogP contribution in [0.4, 0.5) is 0 Å². The van der Waals surface area contributed by atoms with Gasteiger partial charge in [0.25, 0.3) is 0 Å². The molecule has 1 aliphatic carbocycles. The third kappa shape index (κ3) is 4.01. The highest BCUT2D eigenvalue weighted by Crippen LogP contribution is 2.35. The molecule has 1 N–H and O–H groups in total. The van der Waals surface area contributed by atoms with Crippen LogP contribution in [-0.2, 0) is 13.1 Å². The molecule has 2 aromatic rings. The summed E-state index contributed by atoms with van der Waals surface area (Å²) in [6.07, 6.45) is 5.94. The van der Waals surface area contributed by atoms with Crippen LogP contribution in [0, 0.1) is 0 Å². The number of benzene rings is 2. The van der Waals surface area contributed by atoms with Crippen LogP contribution in [0.1, 0.15) is 43.2 Å². The largest absolute Gasteiger partial charge is 0.394 e. The van der Waals surface area contributed by atoms with Gasteiger partial charge < -0.3 is 5.11 Å². The van der Waals surface area contributed by atoms with Crippen molar-refractivity contribution in [2.45, 2.75) is 50.7 Å². The van der Waals surface area contributed by atoms with Crippen LogP contribution in [0.15, 0.2) is 60.7 Å². The smallest absolute Gasteiger partial charge is 0.0615 e. The lowest BCUT2D eigenvalue weighted by Gasteiger charge is -2.45. The average molecular weight is 309 g/mol. The van der Waals surface area contributed by atoms with E-state index in [-0.39, 0.29) is 12.1 Å². The number of aliphatic hydroxyl groups excluding tert-OH is 1. The van der Waals surface area contributed by atoms with Crippen LogP contribution >= 0.6 is 0 Å². The van der Waals surface area contributed by atoms with Crippen molar-refractivity contribution in [3.63, 3.8) is 0 Å². The van der Waals surface area contributed by atoms with Crippen molar-refractivity contribution < 1.29 is 5.11 Å². The summed E-state index contributed by atoms with van der Waals surface area (Å²) < 4.78 is 0. The van der Waals surface area contributed by atoms with Crippen molar-refractivity contribution in [1.82, 2.24) is 4.90 Å². The molecule has 122 valence electrons. The van der Waals surface area contributed by atoms with Crippen LogP contribution in [0.2, 0.25) is 0 Å². The van der Waals surface area contributed by atoms with Crippen LogP contribution in [0.3, 0.4) is 0 Å². The van der Waals surface area contributed by atoms with Crippen molar-refractivity contribution in [3.05, 3.63) is 71.8 Å². The van der Waals surface area contributed by atoms with Gasteiger partial charge in [0.05, 0.1) is 6.61 Å². The molecule has 0 heterocycles. The molecule has 1 fully saturated rings. The molecule has 0 spiro atoms. The van der Waals surface area contributed by atoms with Gasteiger partial charge in [-0.1, -0.05) is 79.9 Å². The molecule has 1 aliphatic rings. The lowest BCUT2D eigenvalue weighted by Crippen LogP contribution is -2.52. The van der Waals surface area contributed by atoms with E-state index in [1.807, 2.05) is 0 Å². The number of nitrogens with zero attached hydrogens (tertiary/aromatic N) is 1. The second-order valence-corrected chi connectivity index (χ2v) is 6.77. The zero-order valence-electron chi connectivity index (χ0n) is 13.8. The minimum absolute atomic E-state index is 0.0655. The van der Waals surface area contributed by atoms with E-state index in [1.54, 1.807) is 0 Å². The lowest BCUT2D eigenvalue weighted by molar-refractivity contribution is -0.0111. The Labute approximate surface area is 139 Å². The fourth-order valence-electron chi connectivity index (χ4n) is 3.78. The summed E-state index contributed by atoms with van der Waals surface area (Å²) in [6, 6.07) is 21.3. The van der Waals surface area contributed by atoms with Gasteiger partial charge in [0.2, 0.25) is 0 Å². The molecule has 0 aromatic heterocycles. The first-order valence-electron chi connectivity index (χ1n) is 8.76. The Hall–Kier alpha value is -1.64. The molecule has 0 bridgehead atoms. The van der Waals surface area contributed by atoms with Crippen molar-refractivity contribution >= 4 is 0 Å².